The smallest absolute Gasteiger partial charge is 0.411 e. The fourth-order valence-corrected chi connectivity index (χ4v) is 9.95. The van der Waals surface area contributed by atoms with Gasteiger partial charge in [-0.2, -0.15) is 0 Å². The number of aliphatic hydroxyl groups excluding tert-OH is 3. The van der Waals surface area contributed by atoms with E-state index in [0.717, 1.165) is 11.2 Å². The van der Waals surface area contributed by atoms with Gasteiger partial charge in [-0.1, -0.05) is 13.0 Å². The Balaban J connectivity index is 0.981. The van der Waals surface area contributed by atoms with Gasteiger partial charge < -0.3 is 69.7 Å². The number of fused-ring (bicyclic) bond motifs is 5. The number of halogens is 1. The molecule has 0 spiro atoms. The zero-order valence-electron chi connectivity index (χ0n) is 39.8. The highest BCUT2D eigenvalue weighted by Crippen LogP contribution is 2.46. The Kier molecular flexibility index (Phi) is 14.9. The Labute approximate surface area is 414 Å². The van der Waals surface area contributed by atoms with Gasteiger partial charge in [0, 0.05) is 35.4 Å². The van der Waals surface area contributed by atoms with Crippen molar-refractivity contribution in [3.8, 4) is 17.1 Å². The molecule has 7 atom stereocenters. The summed E-state index contributed by atoms with van der Waals surface area (Å²) in [6, 6.07) is 6.03. The van der Waals surface area contributed by atoms with Crippen molar-refractivity contribution < 1.29 is 86.0 Å². The standard InChI is InChI=1S/C47H53FN6O18S/c1-5-47(65)26-13-31-37-24(16-54(31)42(60)25(26)18-69-45(47)63)36-28(8-7-23-21(2)27(48)14-30(52-37)35(23)36)50-34(56)19-68-20-53(10-11-73(4,66)67)46(64)70-17-22-6-9-32(29(12-22)51-33(55)15-49-3)71-44-40(59)38(57)39(58)41(72-44)43(61)62/h6,9,12-14,28,38-41,44,49,57-59,65H,5,7-8,10-11,15-20H2,1-4H3,(H,50,56)(H,51,55)(H,61,62)/t28-,38-,39-,40?,41?,44+,47-/m0/s1. The number of likely N-dealkylation sites (N-methyl/N-ethyl adjacent to an activating group) is 1. The SMILES string of the molecule is CC[C@@]1(O)C(=O)OCc2c1cc1n(c2=O)Cc2c-1nc1cc(F)c(C)c3c1c2[C@@H](NC(=O)COCN(CCS(C)(=O)=O)C(=O)OCc1ccc(O[C@@H]2OC(C(=O)O)[C@@H](O)[C@H](O)C2O)c(NC(=O)CNC)c1)CC3. The molecular formula is C47H53FN6O18S. The van der Waals surface area contributed by atoms with Gasteiger partial charge in [0.15, 0.2) is 11.7 Å². The second-order valence-electron chi connectivity index (χ2n) is 18.2. The highest BCUT2D eigenvalue weighted by atomic mass is 32.2. The van der Waals surface area contributed by atoms with E-state index in [-0.39, 0.29) is 65.5 Å². The van der Waals surface area contributed by atoms with Gasteiger partial charge in [-0.25, -0.2) is 32.2 Å². The number of nitrogens with one attached hydrogen (secondary N) is 3. The second kappa shape index (κ2) is 20.7. The number of amides is 3. The number of hydrogen-bond donors (Lipinski definition) is 8. The maximum absolute atomic E-state index is 15.4. The number of aryl methyl sites for hydroxylation is 1. The summed E-state index contributed by atoms with van der Waals surface area (Å²) in [6.07, 6.45) is -9.27. The number of rotatable bonds is 17. The summed E-state index contributed by atoms with van der Waals surface area (Å²) in [4.78, 5) is 84.1. The predicted octanol–water partition coefficient (Wildman–Crippen LogP) is -0.283. The molecule has 8 N–H and O–H groups in total. The molecule has 1 saturated heterocycles. The number of carbonyl (C=O) groups excluding carboxylic acids is 4. The minimum Gasteiger partial charge on any atom is -0.479 e. The summed E-state index contributed by atoms with van der Waals surface area (Å²) in [6.45, 7) is 0.516. The van der Waals surface area contributed by atoms with Crippen molar-refractivity contribution in [3.63, 3.8) is 0 Å². The monoisotopic (exact) mass is 1040 g/mol. The van der Waals surface area contributed by atoms with Crippen LogP contribution in [0.25, 0.3) is 22.3 Å². The summed E-state index contributed by atoms with van der Waals surface area (Å²) in [5.41, 5.74) is 0.834. The molecule has 392 valence electrons. The number of sulfone groups is 1. The molecule has 2 unspecified atom stereocenters. The molecule has 2 aromatic carbocycles. The van der Waals surface area contributed by atoms with Crippen molar-refractivity contribution in [1.82, 2.24) is 25.1 Å². The highest BCUT2D eigenvalue weighted by Gasteiger charge is 2.49. The van der Waals surface area contributed by atoms with E-state index in [9.17, 15) is 62.7 Å². The number of hydrogen-bond acceptors (Lipinski definition) is 19. The minimum absolute atomic E-state index is 0.000770. The summed E-state index contributed by atoms with van der Waals surface area (Å²) >= 11 is 0. The predicted molar refractivity (Wildman–Crippen MR) is 250 cm³/mol. The lowest BCUT2D eigenvalue weighted by Gasteiger charge is -2.38. The first kappa shape index (κ1) is 52.7. The van der Waals surface area contributed by atoms with Crippen LogP contribution in [0, 0.1) is 12.7 Å². The number of aliphatic hydroxyl groups is 4. The number of anilines is 1. The molecule has 4 aromatic rings. The summed E-state index contributed by atoms with van der Waals surface area (Å²) in [5, 5.41) is 60.5. The highest BCUT2D eigenvalue weighted by molar-refractivity contribution is 7.90. The van der Waals surface area contributed by atoms with E-state index < -0.39 is 126 Å². The summed E-state index contributed by atoms with van der Waals surface area (Å²) < 4.78 is 68.5. The Morgan fingerprint density at radius 3 is 2.49 bits per heavy atom. The van der Waals surface area contributed by atoms with E-state index in [2.05, 4.69) is 16.0 Å². The van der Waals surface area contributed by atoms with E-state index in [0.29, 0.717) is 46.2 Å². The third kappa shape index (κ3) is 10.3. The average Bonchev–Trinajstić information content (AvgIpc) is 3.71. The third-order valence-electron chi connectivity index (χ3n) is 13.3. The number of carboxylic acid groups (broad SMARTS) is 1. The van der Waals surface area contributed by atoms with Gasteiger partial charge in [0.1, 0.15) is 66.3 Å². The molecule has 73 heavy (non-hydrogen) atoms. The van der Waals surface area contributed by atoms with Crippen molar-refractivity contribution in [3.05, 3.63) is 85.4 Å². The first-order valence-electron chi connectivity index (χ1n) is 23.0. The van der Waals surface area contributed by atoms with Gasteiger partial charge in [0.25, 0.3) is 5.56 Å². The first-order valence-corrected chi connectivity index (χ1v) is 25.1. The van der Waals surface area contributed by atoms with Gasteiger partial charge in [-0.3, -0.25) is 19.3 Å². The molecule has 0 saturated carbocycles. The maximum atomic E-state index is 15.4. The molecule has 5 heterocycles. The number of esters is 1. The number of benzene rings is 2. The zero-order chi connectivity index (χ0) is 52.8. The van der Waals surface area contributed by atoms with Crippen molar-refractivity contribution in [2.75, 3.05) is 50.8 Å². The summed E-state index contributed by atoms with van der Waals surface area (Å²) in [7, 11) is -2.15. The van der Waals surface area contributed by atoms with Crippen LogP contribution in [0.2, 0.25) is 0 Å². The van der Waals surface area contributed by atoms with E-state index in [1.54, 1.807) is 13.8 Å². The molecule has 0 bridgehead atoms. The number of ether oxygens (including phenoxy) is 5. The van der Waals surface area contributed by atoms with Crippen LogP contribution < -0.4 is 26.2 Å². The largest absolute Gasteiger partial charge is 0.479 e. The molecule has 8 rings (SSSR count). The van der Waals surface area contributed by atoms with Crippen LogP contribution in [-0.4, -0.2) is 154 Å². The van der Waals surface area contributed by atoms with Crippen molar-refractivity contribution in [2.45, 2.75) is 95.2 Å². The van der Waals surface area contributed by atoms with Gasteiger partial charge in [0.05, 0.1) is 53.0 Å². The van der Waals surface area contributed by atoms with E-state index >= 15 is 4.39 Å². The minimum atomic E-state index is -3.65. The van der Waals surface area contributed by atoms with Crippen LogP contribution in [-0.2, 0) is 79.7 Å². The lowest BCUT2D eigenvalue weighted by Crippen LogP contribution is -2.61. The first-order chi connectivity index (χ1) is 34.5. The number of nitrogens with zero attached hydrogens (tertiary/aromatic N) is 3. The Morgan fingerprint density at radius 1 is 1.04 bits per heavy atom. The van der Waals surface area contributed by atoms with Crippen LogP contribution in [0.3, 0.4) is 0 Å². The molecule has 24 nitrogen and oxygen atoms in total. The lowest BCUT2D eigenvalue weighted by atomic mass is 9.81. The topological polar surface area (TPSA) is 341 Å². The number of cyclic esters (lactones) is 1. The van der Waals surface area contributed by atoms with Crippen LogP contribution in [0.1, 0.15) is 64.8 Å². The van der Waals surface area contributed by atoms with Gasteiger partial charge in [0.2, 0.25) is 18.1 Å². The molecule has 1 fully saturated rings. The fourth-order valence-electron chi connectivity index (χ4n) is 9.40. The third-order valence-corrected chi connectivity index (χ3v) is 14.2. The molecule has 3 aliphatic heterocycles. The van der Waals surface area contributed by atoms with Crippen LogP contribution >= 0.6 is 0 Å². The number of carbonyl (C=O) groups is 5. The Bertz CT molecular complexity index is 3100. The summed E-state index contributed by atoms with van der Waals surface area (Å²) in [5.74, 6) is -4.99. The fraction of sp³-hybridized carbons (Fsp3) is 0.468. The van der Waals surface area contributed by atoms with Crippen molar-refractivity contribution in [1.29, 1.82) is 0 Å². The number of aromatic nitrogens is 2. The molecule has 4 aliphatic rings. The number of carboxylic acids is 1. The Morgan fingerprint density at radius 2 is 1.79 bits per heavy atom. The molecular weight excluding hydrogens is 988 g/mol. The average molecular weight is 1040 g/mol. The molecule has 1 aliphatic carbocycles. The zero-order valence-corrected chi connectivity index (χ0v) is 40.6. The molecule has 3 amide bonds. The van der Waals surface area contributed by atoms with Gasteiger partial charge >= 0.3 is 18.0 Å². The molecule has 2 aromatic heterocycles. The van der Waals surface area contributed by atoms with E-state index in [1.165, 1.54) is 41.9 Å². The number of aliphatic carboxylic acids is 1. The normalized spacial score (nSPS) is 22.9. The van der Waals surface area contributed by atoms with Crippen molar-refractivity contribution in [2.24, 2.45) is 0 Å². The quantitative estimate of drug-likeness (QED) is 0.0438. The van der Waals surface area contributed by atoms with Crippen molar-refractivity contribution >= 4 is 56.3 Å². The van der Waals surface area contributed by atoms with Crippen LogP contribution in [0.15, 0.2) is 35.1 Å². The van der Waals surface area contributed by atoms with E-state index in [4.69, 9.17) is 28.7 Å². The Hall–Kier alpha value is -6.65. The van der Waals surface area contributed by atoms with Gasteiger partial charge in [-0.05, 0) is 73.7 Å². The lowest BCUT2D eigenvalue weighted by molar-refractivity contribution is -0.271. The second-order valence-corrected chi connectivity index (χ2v) is 20.4. The maximum Gasteiger partial charge on any atom is 0.411 e. The van der Waals surface area contributed by atoms with Crippen LogP contribution in [0.4, 0.5) is 14.9 Å². The van der Waals surface area contributed by atoms with E-state index in [1.807, 2.05) is 0 Å². The van der Waals surface area contributed by atoms with Gasteiger partial charge in [-0.15, -0.1) is 0 Å². The molecule has 0 radical (unpaired) electrons. The number of pyridine rings is 2. The molecule has 26 heteroatoms. The van der Waals surface area contributed by atoms with Crippen LogP contribution in [0.5, 0.6) is 5.75 Å².